The van der Waals surface area contributed by atoms with Crippen molar-refractivity contribution >= 4 is 0 Å². The summed E-state index contributed by atoms with van der Waals surface area (Å²) in [6.45, 7) is 7.55. The van der Waals surface area contributed by atoms with Gasteiger partial charge in [0.15, 0.2) is 0 Å². The van der Waals surface area contributed by atoms with Gasteiger partial charge in [-0.25, -0.2) is 0 Å². The summed E-state index contributed by atoms with van der Waals surface area (Å²) in [4.78, 5) is 2.46. The molecule has 0 aromatic carbocycles. The van der Waals surface area contributed by atoms with E-state index in [2.05, 4.69) is 24.2 Å². The van der Waals surface area contributed by atoms with Crippen LogP contribution >= 0.6 is 0 Å². The number of nitrogens with zero attached hydrogens (tertiary/aromatic N) is 1. The maximum atomic E-state index is 3.74. The van der Waals surface area contributed by atoms with Crippen molar-refractivity contribution in [3.63, 3.8) is 0 Å². The van der Waals surface area contributed by atoms with E-state index in [9.17, 15) is 0 Å². The highest BCUT2D eigenvalue weighted by atomic mass is 15.1. The molecule has 2 nitrogen and oxygen atoms in total. The van der Waals surface area contributed by atoms with Crippen LogP contribution in [0.15, 0.2) is 0 Å². The molecule has 0 spiro atoms. The van der Waals surface area contributed by atoms with Gasteiger partial charge in [-0.1, -0.05) is 19.8 Å². The summed E-state index contributed by atoms with van der Waals surface area (Å²) in [7, 11) is 2.24. The highest BCUT2D eigenvalue weighted by Crippen LogP contribution is 2.28. The molecule has 1 aliphatic heterocycles. The summed E-state index contributed by atoms with van der Waals surface area (Å²) in [5.74, 6) is 2.87. The Morgan fingerprint density at radius 3 is 2.41 bits per heavy atom. The van der Waals surface area contributed by atoms with Gasteiger partial charge in [-0.05, 0) is 76.7 Å². The number of hydrogen-bond acceptors (Lipinski definition) is 2. The molecule has 2 rings (SSSR count). The maximum absolute atomic E-state index is 3.74. The number of nitrogens with one attached hydrogen (secondary N) is 1. The highest BCUT2D eigenvalue weighted by molar-refractivity contribution is 4.75. The Balaban J connectivity index is 1.56. The van der Waals surface area contributed by atoms with E-state index >= 15 is 0 Å². The molecule has 0 radical (unpaired) electrons. The molecule has 0 aromatic rings. The van der Waals surface area contributed by atoms with Crippen LogP contribution in [0.5, 0.6) is 0 Å². The van der Waals surface area contributed by atoms with E-state index in [-0.39, 0.29) is 0 Å². The van der Waals surface area contributed by atoms with Crippen LogP contribution < -0.4 is 5.32 Å². The van der Waals surface area contributed by atoms with Gasteiger partial charge in [-0.15, -0.1) is 0 Å². The zero-order valence-corrected chi connectivity index (χ0v) is 11.8. The van der Waals surface area contributed by atoms with E-state index in [4.69, 9.17) is 0 Å². The Morgan fingerprint density at radius 2 is 1.71 bits per heavy atom. The van der Waals surface area contributed by atoms with Crippen molar-refractivity contribution in [3.05, 3.63) is 0 Å². The van der Waals surface area contributed by atoms with Crippen LogP contribution in [0, 0.1) is 17.8 Å². The minimum absolute atomic E-state index is 0.937. The number of likely N-dealkylation sites (tertiary alicyclic amines) is 1. The van der Waals surface area contributed by atoms with Crippen LogP contribution in [0.3, 0.4) is 0 Å². The molecule has 100 valence electrons. The molecule has 1 heterocycles. The largest absolute Gasteiger partial charge is 0.316 e. The SMILES string of the molecule is CC1CCCC(CNCC2CCN(C)CC2)C1. The van der Waals surface area contributed by atoms with Gasteiger partial charge in [0, 0.05) is 0 Å². The topological polar surface area (TPSA) is 15.3 Å². The van der Waals surface area contributed by atoms with Gasteiger partial charge in [0.1, 0.15) is 0 Å². The van der Waals surface area contributed by atoms with E-state index in [1.54, 1.807) is 0 Å². The number of rotatable bonds is 4. The summed E-state index contributed by atoms with van der Waals surface area (Å²) in [5, 5.41) is 3.74. The molecule has 1 saturated heterocycles. The fraction of sp³-hybridized carbons (Fsp3) is 1.00. The van der Waals surface area contributed by atoms with Crippen LogP contribution in [0.25, 0.3) is 0 Å². The molecule has 17 heavy (non-hydrogen) atoms. The summed E-state index contributed by atoms with van der Waals surface area (Å²) in [6, 6.07) is 0. The van der Waals surface area contributed by atoms with E-state index in [0.29, 0.717) is 0 Å². The van der Waals surface area contributed by atoms with Gasteiger partial charge in [0.05, 0.1) is 0 Å². The third-order valence-electron chi connectivity index (χ3n) is 4.75. The van der Waals surface area contributed by atoms with Crippen molar-refractivity contribution in [1.82, 2.24) is 10.2 Å². The molecule has 1 saturated carbocycles. The lowest BCUT2D eigenvalue weighted by atomic mass is 9.82. The molecule has 1 N–H and O–H groups in total. The van der Waals surface area contributed by atoms with E-state index in [0.717, 1.165) is 17.8 Å². The van der Waals surface area contributed by atoms with Crippen LogP contribution in [0.1, 0.15) is 45.4 Å². The van der Waals surface area contributed by atoms with Crippen LogP contribution in [-0.2, 0) is 0 Å². The summed E-state index contributed by atoms with van der Waals surface area (Å²) in [6.07, 6.45) is 8.63. The minimum Gasteiger partial charge on any atom is -0.316 e. The Bertz CT molecular complexity index is 209. The lowest BCUT2D eigenvalue weighted by Gasteiger charge is -2.31. The molecule has 2 atom stereocenters. The molecule has 1 aliphatic carbocycles. The molecular formula is C15H30N2. The first-order chi connectivity index (χ1) is 8.24. The second-order valence-corrected chi connectivity index (χ2v) is 6.54. The van der Waals surface area contributed by atoms with Crippen molar-refractivity contribution in [2.75, 3.05) is 33.2 Å². The van der Waals surface area contributed by atoms with Crippen molar-refractivity contribution in [1.29, 1.82) is 0 Å². The molecule has 2 fully saturated rings. The van der Waals surface area contributed by atoms with Gasteiger partial charge in [0.2, 0.25) is 0 Å². The van der Waals surface area contributed by atoms with Crippen molar-refractivity contribution < 1.29 is 0 Å². The Labute approximate surface area is 107 Å². The molecule has 2 heteroatoms. The van der Waals surface area contributed by atoms with E-state index < -0.39 is 0 Å². The second kappa shape index (κ2) is 6.75. The summed E-state index contributed by atoms with van der Waals surface area (Å²) in [5.41, 5.74) is 0. The average molecular weight is 238 g/mol. The molecule has 2 unspecified atom stereocenters. The zero-order chi connectivity index (χ0) is 12.1. The third kappa shape index (κ3) is 4.59. The van der Waals surface area contributed by atoms with E-state index in [1.165, 1.54) is 64.7 Å². The summed E-state index contributed by atoms with van der Waals surface area (Å²) < 4.78 is 0. The smallest absolute Gasteiger partial charge is 0.00187 e. The van der Waals surface area contributed by atoms with Gasteiger partial charge >= 0.3 is 0 Å². The third-order valence-corrected chi connectivity index (χ3v) is 4.75. The number of hydrogen-bond donors (Lipinski definition) is 1. The molecular weight excluding hydrogens is 208 g/mol. The van der Waals surface area contributed by atoms with E-state index in [1.807, 2.05) is 0 Å². The standard InChI is InChI=1S/C15H30N2/c1-13-4-3-5-15(10-13)12-16-11-14-6-8-17(2)9-7-14/h13-16H,3-12H2,1-2H3. The minimum atomic E-state index is 0.937. The van der Waals surface area contributed by atoms with Crippen LogP contribution in [0.4, 0.5) is 0 Å². The van der Waals surface area contributed by atoms with Crippen molar-refractivity contribution in [3.8, 4) is 0 Å². The van der Waals surface area contributed by atoms with Gasteiger partial charge < -0.3 is 10.2 Å². The van der Waals surface area contributed by atoms with Crippen molar-refractivity contribution in [2.24, 2.45) is 17.8 Å². The lowest BCUT2D eigenvalue weighted by molar-refractivity contribution is 0.209. The second-order valence-electron chi connectivity index (χ2n) is 6.54. The van der Waals surface area contributed by atoms with Crippen LogP contribution in [-0.4, -0.2) is 38.1 Å². The summed E-state index contributed by atoms with van der Waals surface area (Å²) >= 11 is 0. The highest BCUT2D eigenvalue weighted by Gasteiger charge is 2.20. The fourth-order valence-corrected chi connectivity index (χ4v) is 3.50. The molecule has 0 aromatic heterocycles. The van der Waals surface area contributed by atoms with Crippen molar-refractivity contribution in [2.45, 2.75) is 45.4 Å². The first-order valence-corrected chi connectivity index (χ1v) is 7.63. The molecule has 0 bridgehead atoms. The lowest BCUT2D eigenvalue weighted by Crippen LogP contribution is -2.36. The number of piperidine rings is 1. The fourth-order valence-electron chi connectivity index (χ4n) is 3.50. The Hall–Kier alpha value is -0.0800. The molecule has 0 amide bonds. The monoisotopic (exact) mass is 238 g/mol. The van der Waals surface area contributed by atoms with Gasteiger partial charge in [-0.2, -0.15) is 0 Å². The maximum Gasteiger partial charge on any atom is -0.00187 e. The Kier molecular flexibility index (Phi) is 5.30. The predicted octanol–water partition coefficient (Wildman–Crippen LogP) is 2.74. The van der Waals surface area contributed by atoms with Gasteiger partial charge in [-0.3, -0.25) is 0 Å². The van der Waals surface area contributed by atoms with Crippen LogP contribution in [0.2, 0.25) is 0 Å². The molecule has 2 aliphatic rings. The normalized spacial score (nSPS) is 32.8. The first-order valence-electron chi connectivity index (χ1n) is 7.63. The van der Waals surface area contributed by atoms with Gasteiger partial charge in [0.25, 0.3) is 0 Å². The Morgan fingerprint density at radius 1 is 1.00 bits per heavy atom. The quantitative estimate of drug-likeness (QED) is 0.810. The zero-order valence-electron chi connectivity index (χ0n) is 11.8. The average Bonchev–Trinajstić information content (AvgIpc) is 2.32. The predicted molar refractivity (Wildman–Crippen MR) is 74.2 cm³/mol. The first kappa shape index (κ1) is 13.4.